The zero-order valence-corrected chi connectivity index (χ0v) is 15.5. The van der Waals surface area contributed by atoms with E-state index >= 15 is 0 Å². The van der Waals surface area contributed by atoms with Crippen LogP contribution in [0.2, 0.25) is 0 Å². The van der Waals surface area contributed by atoms with Gasteiger partial charge in [-0.05, 0) is 13.0 Å². The van der Waals surface area contributed by atoms with Gasteiger partial charge in [-0.1, -0.05) is 0 Å². The molecule has 1 N–H and O–H groups in total. The molecule has 0 aromatic carbocycles. The van der Waals surface area contributed by atoms with E-state index in [0.29, 0.717) is 22.3 Å². The van der Waals surface area contributed by atoms with Crippen LogP contribution in [0.1, 0.15) is 22.3 Å². The van der Waals surface area contributed by atoms with Crippen molar-refractivity contribution in [2.45, 2.75) is 13.3 Å². The number of rotatable bonds is 5. The predicted octanol–water partition coefficient (Wildman–Crippen LogP) is 3.42. The molecule has 0 aliphatic heterocycles. The van der Waals surface area contributed by atoms with Crippen molar-refractivity contribution in [2.24, 2.45) is 0 Å². The van der Waals surface area contributed by atoms with Crippen molar-refractivity contribution in [3.05, 3.63) is 33.6 Å². The fourth-order valence-corrected chi connectivity index (χ4v) is 4.72. The Balaban J connectivity index is 1.49. The molecule has 0 fully saturated rings. The van der Waals surface area contributed by atoms with Crippen molar-refractivity contribution in [2.75, 3.05) is 11.9 Å². The number of fused-ring (bicyclic) bond motifs is 3. The van der Waals surface area contributed by atoms with Crippen LogP contribution in [0.15, 0.2) is 23.0 Å². The molecular formula is C15H12N4O3S3. The van der Waals surface area contributed by atoms with Crippen LogP contribution in [0.5, 0.6) is 0 Å². The minimum atomic E-state index is -0.328. The lowest BCUT2D eigenvalue weighted by Crippen LogP contribution is -2.11. The summed E-state index contributed by atoms with van der Waals surface area (Å²) in [5, 5.41) is 6.92. The number of hydrogen-bond acceptors (Lipinski definition) is 8. The van der Waals surface area contributed by atoms with Crippen LogP contribution in [0.25, 0.3) is 15.3 Å². The molecule has 25 heavy (non-hydrogen) atoms. The summed E-state index contributed by atoms with van der Waals surface area (Å²) in [6.07, 6.45) is 2.04. The average molecular weight is 392 g/mol. The maximum Gasteiger partial charge on any atom is 0.311 e. The second kappa shape index (κ2) is 6.54. The highest BCUT2D eigenvalue weighted by atomic mass is 32.1. The molecule has 4 heterocycles. The van der Waals surface area contributed by atoms with E-state index in [0.717, 1.165) is 15.3 Å². The fourth-order valence-electron chi connectivity index (χ4n) is 2.32. The summed E-state index contributed by atoms with van der Waals surface area (Å²) in [6, 6.07) is 1.83. The van der Waals surface area contributed by atoms with E-state index in [4.69, 9.17) is 4.74 Å². The zero-order valence-electron chi connectivity index (χ0n) is 13.0. The fraction of sp³-hybridized carbons (Fsp3) is 0.200. The number of thiazole rings is 2. The second-order valence-electron chi connectivity index (χ2n) is 5.05. The van der Waals surface area contributed by atoms with E-state index in [9.17, 15) is 9.59 Å². The molecule has 4 aromatic heterocycles. The Bertz CT molecular complexity index is 1070. The molecule has 0 saturated heterocycles. The van der Waals surface area contributed by atoms with Gasteiger partial charge < -0.3 is 4.74 Å². The number of ether oxygens (including phenoxy) is 1. The number of nitrogens with one attached hydrogen (secondary N) is 1. The van der Waals surface area contributed by atoms with Crippen molar-refractivity contribution < 1.29 is 14.3 Å². The number of amides is 1. The van der Waals surface area contributed by atoms with Gasteiger partial charge in [-0.2, -0.15) is 0 Å². The number of esters is 1. The smallest absolute Gasteiger partial charge is 0.311 e. The van der Waals surface area contributed by atoms with E-state index in [-0.39, 0.29) is 18.3 Å². The van der Waals surface area contributed by atoms with Crippen LogP contribution in [0.4, 0.5) is 5.13 Å². The molecule has 128 valence electrons. The Kier molecular flexibility index (Phi) is 4.24. The monoisotopic (exact) mass is 392 g/mol. The quantitative estimate of drug-likeness (QED) is 0.526. The Labute approximate surface area is 153 Å². The minimum Gasteiger partial charge on any atom is -0.466 e. The predicted molar refractivity (Wildman–Crippen MR) is 98.9 cm³/mol. The third kappa shape index (κ3) is 3.15. The Hall–Kier alpha value is -2.30. The van der Waals surface area contributed by atoms with Crippen molar-refractivity contribution in [3.8, 4) is 0 Å². The Morgan fingerprint density at radius 3 is 3.04 bits per heavy atom. The summed E-state index contributed by atoms with van der Waals surface area (Å²) >= 11 is 4.18. The van der Waals surface area contributed by atoms with Crippen LogP contribution in [0, 0.1) is 0 Å². The zero-order chi connectivity index (χ0) is 17.4. The van der Waals surface area contributed by atoms with Gasteiger partial charge in [0.15, 0.2) is 10.1 Å². The van der Waals surface area contributed by atoms with Gasteiger partial charge >= 0.3 is 5.97 Å². The van der Waals surface area contributed by atoms with Crippen molar-refractivity contribution in [3.63, 3.8) is 0 Å². The number of aromatic nitrogens is 3. The standard InChI is InChI=1S/C15H12N4O3S3/c1-2-22-11(20)5-8-7-24-14(16-8)17-12(21)10-6-9-13(25-10)18-15-19(9)3-4-23-15/h3-4,6-7H,2,5H2,1H3,(H,16,17,21). The normalized spacial score (nSPS) is 11.2. The first-order chi connectivity index (χ1) is 12.1. The van der Waals surface area contributed by atoms with Crippen LogP contribution in [0.3, 0.4) is 0 Å². The van der Waals surface area contributed by atoms with Gasteiger partial charge in [0.1, 0.15) is 4.83 Å². The van der Waals surface area contributed by atoms with Crippen molar-refractivity contribution in [1.82, 2.24) is 14.4 Å². The number of carbonyl (C=O) groups is 2. The van der Waals surface area contributed by atoms with Crippen molar-refractivity contribution >= 4 is 66.3 Å². The SMILES string of the molecule is CCOC(=O)Cc1csc(NC(=O)c2cc3c(nc4sccn43)s2)n1. The highest BCUT2D eigenvalue weighted by molar-refractivity contribution is 7.21. The molecule has 0 aliphatic carbocycles. The van der Waals surface area contributed by atoms with Gasteiger partial charge in [0.2, 0.25) is 0 Å². The van der Waals surface area contributed by atoms with E-state index in [1.54, 1.807) is 23.6 Å². The largest absolute Gasteiger partial charge is 0.466 e. The number of nitrogens with zero attached hydrogens (tertiary/aromatic N) is 3. The molecule has 0 atom stereocenters. The van der Waals surface area contributed by atoms with Gasteiger partial charge in [0, 0.05) is 17.0 Å². The topological polar surface area (TPSA) is 85.6 Å². The van der Waals surface area contributed by atoms with Gasteiger partial charge in [0.25, 0.3) is 5.91 Å². The number of imidazole rings is 1. The van der Waals surface area contributed by atoms with Crippen LogP contribution < -0.4 is 5.32 Å². The summed E-state index contributed by atoms with van der Waals surface area (Å²) in [5.41, 5.74) is 1.51. The molecule has 7 nitrogen and oxygen atoms in total. The molecule has 0 unspecified atom stereocenters. The van der Waals surface area contributed by atoms with E-state index in [1.165, 1.54) is 22.7 Å². The number of anilines is 1. The summed E-state index contributed by atoms with van der Waals surface area (Å²) in [4.78, 5) is 35.0. The average Bonchev–Trinajstić information content (AvgIpc) is 3.29. The molecule has 0 aliphatic rings. The third-order valence-corrected chi connectivity index (χ3v) is 5.95. The summed E-state index contributed by atoms with van der Waals surface area (Å²) in [6.45, 7) is 2.09. The van der Waals surface area contributed by atoms with Gasteiger partial charge in [-0.3, -0.25) is 19.3 Å². The Morgan fingerprint density at radius 1 is 1.32 bits per heavy atom. The van der Waals surface area contributed by atoms with Gasteiger partial charge in [-0.25, -0.2) is 9.97 Å². The third-order valence-electron chi connectivity index (χ3n) is 3.37. The molecule has 1 amide bonds. The van der Waals surface area contributed by atoms with Crippen LogP contribution in [-0.4, -0.2) is 32.9 Å². The molecule has 10 heteroatoms. The van der Waals surface area contributed by atoms with Gasteiger partial charge in [-0.15, -0.1) is 34.0 Å². The molecule has 0 spiro atoms. The van der Waals surface area contributed by atoms with Gasteiger partial charge in [0.05, 0.1) is 29.1 Å². The lowest BCUT2D eigenvalue weighted by atomic mass is 10.3. The van der Waals surface area contributed by atoms with E-state index in [1.807, 2.05) is 22.0 Å². The minimum absolute atomic E-state index is 0.101. The highest BCUT2D eigenvalue weighted by Crippen LogP contribution is 2.29. The maximum absolute atomic E-state index is 12.4. The van der Waals surface area contributed by atoms with Crippen LogP contribution in [-0.2, 0) is 16.0 Å². The first-order valence-corrected chi connectivity index (χ1v) is 9.98. The number of carbonyl (C=O) groups excluding carboxylic acids is 2. The first-order valence-electron chi connectivity index (χ1n) is 7.40. The number of hydrogen-bond donors (Lipinski definition) is 1. The molecule has 0 saturated carbocycles. The molecule has 4 rings (SSSR count). The lowest BCUT2D eigenvalue weighted by molar-refractivity contribution is -0.142. The molecule has 0 radical (unpaired) electrons. The van der Waals surface area contributed by atoms with Crippen molar-refractivity contribution in [1.29, 1.82) is 0 Å². The van der Waals surface area contributed by atoms with E-state index in [2.05, 4.69) is 15.3 Å². The molecule has 4 aromatic rings. The first kappa shape index (κ1) is 16.2. The number of thiophene rings is 1. The molecule has 0 bridgehead atoms. The second-order valence-corrected chi connectivity index (χ2v) is 7.81. The summed E-state index contributed by atoms with van der Waals surface area (Å²) < 4.78 is 6.86. The molecular weight excluding hydrogens is 380 g/mol. The highest BCUT2D eigenvalue weighted by Gasteiger charge is 2.16. The van der Waals surface area contributed by atoms with E-state index < -0.39 is 0 Å². The maximum atomic E-state index is 12.4. The summed E-state index contributed by atoms with van der Waals surface area (Å²) in [5.74, 6) is -0.561. The summed E-state index contributed by atoms with van der Waals surface area (Å²) in [7, 11) is 0. The Morgan fingerprint density at radius 2 is 2.20 bits per heavy atom. The lowest BCUT2D eigenvalue weighted by Gasteiger charge is -1.99. The van der Waals surface area contributed by atoms with Crippen LogP contribution >= 0.6 is 34.0 Å².